The van der Waals surface area contributed by atoms with E-state index in [1.54, 1.807) is 0 Å². The predicted molar refractivity (Wildman–Crippen MR) is 75.8 cm³/mol. The van der Waals surface area contributed by atoms with E-state index in [0.717, 1.165) is 32.5 Å². The van der Waals surface area contributed by atoms with Crippen molar-refractivity contribution >= 4 is 0 Å². The molecule has 1 heterocycles. The molecule has 1 aliphatic heterocycles. The Morgan fingerprint density at radius 2 is 2.11 bits per heavy atom. The fourth-order valence-electron chi connectivity index (χ4n) is 2.66. The lowest BCUT2D eigenvalue weighted by Crippen LogP contribution is -2.29. The minimum absolute atomic E-state index is 0.453. The third kappa shape index (κ3) is 4.11. The van der Waals surface area contributed by atoms with Crippen molar-refractivity contribution in [1.82, 2.24) is 5.32 Å². The van der Waals surface area contributed by atoms with Crippen LogP contribution in [0.15, 0.2) is 30.3 Å². The van der Waals surface area contributed by atoms with Crippen LogP contribution in [0.25, 0.3) is 0 Å². The van der Waals surface area contributed by atoms with Crippen molar-refractivity contribution in [3.8, 4) is 0 Å². The summed E-state index contributed by atoms with van der Waals surface area (Å²) in [6, 6.07) is 10.7. The van der Waals surface area contributed by atoms with E-state index in [0.29, 0.717) is 12.0 Å². The van der Waals surface area contributed by atoms with Crippen LogP contribution in [-0.4, -0.2) is 25.8 Å². The molecule has 0 aromatic heterocycles. The van der Waals surface area contributed by atoms with Gasteiger partial charge in [-0.1, -0.05) is 37.3 Å². The number of ether oxygens (including phenoxy) is 1. The zero-order valence-electron chi connectivity index (χ0n) is 11.4. The maximum atomic E-state index is 5.88. The number of rotatable bonds is 7. The van der Waals surface area contributed by atoms with Crippen LogP contribution in [0.1, 0.15) is 31.7 Å². The third-order valence-corrected chi connectivity index (χ3v) is 3.74. The van der Waals surface area contributed by atoms with Gasteiger partial charge in [-0.25, -0.2) is 0 Å². The minimum atomic E-state index is 0.453. The van der Waals surface area contributed by atoms with Gasteiger partial charge in [0, 0.05) is 13.2 Å². The van der Waals surface area contributed by atoms with Crippen molar-refractivity contribution in [1.29, 1.82) is 0 Å². The molecule has 1 N–H and O–H groups in total. The summed E-state index contributed by atoms with van der Waals surface area (Å²) in [5.41, 5.74) is 1.42. The second-order valence-corrected chi connectivity index (χ2v) is 5.19. The molecule has 100 valence electrons. The van der Waals surface area contributed by atoms with Crippen LogP contribution in [0.5, 0.6) is 0 Å². The molecule has 1 aliphatic rings. The Labute approximate surface area is 111 Å². The molecule has 0 saturated carbocycles. The smallest absolute Gasteiger partial charge is 0.0619 e. The summed E-state index contributed by atoms with van der Waals surface area (Å²) in [5, 5.41) is 3.53. The molecule has 2 atom stereocenters. The fourth-order valence-corrected chi connectivity index (χ4v) is 2.66. The molecule has 2 nitrogen and oxygen atoms in total. The molecule has 0 spiro atoms. The Balaban J connectivity index is 1.74. The maximum Gasteiger partial charge on any atom is 0.0619 e. The largest absolute Gasteiger partial charge is 0.378 e. The van der Waals surface area contributed by atoms with Gasteiger partial charge >= 0.3 is 0 Å². The van der Waals surface area contributed by atoms with Gasteiger partial charge in [-0.15, -0.1) is 0 Å². The summed E-state index contributed by atoms with van der Waals surface area (Å²) in [5.74, 6) is 0.709. The number of hydrogen-bond donors (Lipinski definition) is 1. The lowest BCUT2D eigenvalue weighted by molar-refractivity contribution is 0.0835. The lowest BCUT2D eigenvalue weighted by atomic mass is 9.96. The predicted octanol–water partition coefficient (Wildman–Crippen LogP) is 3.02. The number of hydrogen-bond acceptors (Lipinski definition) is 2. The summed E-state index contributed by atoms with van der Waals surface area (Å²) in [6.45, 7) is 5.40. The van der Waals surface area contributed by atoms with Gasteiger partial charge in [-0.2, -0.15) is 0 Å². The Hall–Kier alpha value is -0.860. The van der Waals surface area contributed by atoms with Crippen LogP contribution in [0, 0.1) is 5.92 Å². The molecular formula is C16H25NO. The number of nitrogens with one attached hydrogen (secondary N) is 1. The summed E-state index contributed by atoms with van der Waals surface area (Å²) in [7, 11) is 0. The summed E-state index contributed by atoms with van der Waals surface area (Å²) < 4.78 is 5.88. The zero-order chi connectivity index (χ0) is 12.6. The van der Waals surface area contributed by atoms with Gasteiger partial charge in [0.1, 0.15) is 0 Å². The summed E-state index contributed by atoms with van der Waals surface area (Å²) in [4.78, 5) is 0. The average Bonchev–Trinajstić information content (AvgIpc) is 2.86. The van der Waals surface area contributed by atoms with Crippen molar-refractivity contribution in [2.75, 3.05) is 19.7 Å². The van der Waals surface area contributed by atoms with Crippen molar-refractivity contribution in [2.45, 2.75) is 38.7 Å². The topological polar surface area (TPSA) is 21.3 Å². The molecule has 2 heteroatoms. The summed E-state index contributed by atoms with van der Waals surface area (Å²) >= 11 is 0. The summed E-state index contributed by atoms with van der Waals surface area (Å²) in [6.07, 6.45) is 5.17. The Kier molecular flexibility index (Phi) is 5.69. The first-order valence-corrected chi connectivity index (χ1v) is 7.26. The molecule has 0 bridgehead atoms. The van der Waals surface area contributed by atoms with Crippen LogP contribution >= 0.6 is 0 Å². The normalized spacial score (nSPS) is 23.4. The standard InChI is InChI=1S/C16H25NO/c1-2-11-17-13-15-10-12-18-16(15)9-8-14-6-4-3-5-7-14/h3-7,15-17H,2,8-13H2,1H3. The van der Waals surface area contributed by atoms with E-state index < -0.39 is 0 Å². The molecule has 0 amide bonds. The van der Waals surface area contributed by atoms with E-state index in [1.807, 2.05) is 0 Å². The van der Waals surface area contributed by atoms with Crippen LogP contribution < -0.4 is 5.32 Å². The van der Waals surface area contributed by atoms with E-state index in [2.05, 4.69) is 42.6 Å². The first-order valence-electron chi connectivity index (χ1n) is 7.26. The van der Waals surface area contributed by atoms with Gasteiger partial charge in [-0.3, -0.25) is 0 Å². The van der Waals surface area contributed by atoms with Crippen molar-refractivity contribution < 1.29 is 4.74 Å². The van der Waals surface area contributed by atoms with Crippen molar-refractivity contribution in [3.05, 3.63) is 35.9 Å². The van der Waals surface area contributed by atoms with E-state index in [-0.39, 0.29) is 0 Å². The molecule has 1 aromatic carbocycles. The van der Waals surface area contributed by atoms with Crippen molar-refractivity contribution in [2.24, 2.45) is 5.92 Å². The minimum Gasteiger partial charge on any atom is -0.378 e. The average molecular weight is 247 g/mol. The molecule has 0 aliphatic carbocycles. The molecule has 18 heavy (non-hydrogen) atoms. The Morgan fingerprint density at radius 3 is 2.89 bits per heavy atom. The van der Waals surface area contributed by atoms with E-state index >= 15 is 0 Å². The Bertz CT molecular complexity index is 325. The highest BCUT2D eigenvalue weighted by atomic mass is 16.5. The van der Waals surface area contributed by atoms with Gasteiger partial charge in [0.05, 0.1) is 6.10 Å². The van der Waals surface area contributed by atoms with Gasteiger partial charge in [-0.05, 0) is 43.7 Å². The fraction of sp³-hybridized carbons (Fsp3) is 0.625. The van der Waals surface area contributed by atoms with Crippen LogP contribution in [0.4, 0.5) is 0 Å². The molecule has 1 aromatic rings. The van der Waals surface area contributed by atoms with Crippen LogP contribution in [0.3, 0.4) is 0 Å². The van der Waals surface area contributed by atoms with E-state index in [9.17, 15) is 0 Å². The molecule has 2 rings (SSSR count). The third-order valence-electron chi connectivity index (χ3n) is 3.74. The highest BCUT2D eigenvalue weighted by Crippen LogP contribution is 2.24. The second kappa shape index (κ2) is 7.55. The number of aryl methyl sites for hydroxylation is 1. The first kappa shape index (κ1) is 13.6. The molecule has 1 fully saturated rings. The highest BCUT2D eigenvalue weighted by molar-refractivity contribution is 5.14. The lowest BCUT2D eigenvalue weighted by Gasteiger charge is -2.19. The molecule has 2 unspecified atom stereocenters. The SMILES string of the molecule is CCCNCC1CCOC1CCc1ccccc1. The first-order chi connectivity index (χ1) is 8.90. The molecular weight excluding hydrogens is 222 g/mol. The molecule has 0 radical (unpaired) electrons. The van der Waals surface area contributed by atoms with Crippen molar-refractivity contribution in [3.63, 3.8) is 0 Å². The second-order valence-electron chi connectivity index (χ2n) is 5.19. The van der Waals surface area contributed by atoms with Crippen LogP contribution in [0.2, 0.25) is 0 Å². The quantitative estimate of drug-likeness (QED) is 0.748. The van der Waals surface area contributed by atoms with Gasteiger partial charge in [0.25, 0.3) is 0 Å². The van der Waals surface area contributed by atoms with Gasteiger partial charge in [0.2, 0.25) is 0 Å². The molecule has 1 saturated heterocycles. The monoisotopic (exact) mass is 247 g/mol. The Morgan fingerprint density at radius 1 is 1.28 bits per heavy atom. The van der Waals surface area contributed by atoms with E-state index in [4.69, 9.17) is 4.74 Å². The van der Waals surface area contributed by atoms with Crippen LogP contribution in [-0.2, 0) is 11.2 Å². The highest BCUT2D eigenvalue weighted by Gasteiger charge is 2.27. The number of benzene rings is 1. The van der Waals surface area contributed by atoms with E-state index in [1.165, 1.54) is 18.4 Å². The van der Waals surface area contributed by atoms with Gasteiger partial charge < -0.3 is 10.1 Å². The zero-order valence-corrected chi connectivity index (χ0v) is 11.4. The van der Waals surface area contributed by atoms with Gasteiger partial charge in [0.15, 0.2) is 0 Å². The maximum absolute atomic E-state index is 5.88.